The standard InChI is InChI=1S/C21H20FN3OS/c1-14-3-6-17(11-15(14)2)19-9-10-21(25-24-19)27-13-20(26)23-12-16-4-7-18(22)8-5-16/h3-11H,12-13H2,1-2H3,(H,23,26). The molecule has 1 N–H and O–H groups in total. The first kappa shape index (κ1) is 19.0. The molecule has 1 aromatic heterocycles. The molecule has 0 aliphatic rings. The maximum absolute atomic E-state index is 12.9. The number of hydrogen-bond acceptors (Lipinski definition) is 4. The van der Waals surface area contributed by atoms with Crippen LogP contribution in [-0.4, -0.2) is 21.9 Å². The van der Waals surface area contributed by atoms with E-state index in [1.807, 2.05) is 18.2 Å². The van der Waals surface area contributed by atoms with Crippen LogP contribution in [0.3, 0.4) is 0 Å². The molecule has 1 heterocycles. The lowest BCUT2D eigenvalue weighted by Crippen LogP contribution is -2.24. The van der Waals surface area contributed by atoms with Crippen LogP contribution in [0.25, 0.3) is 11.3 Å². The minimum absolute atomic E-state index is 0.107. The topological polar surface area (TPSA) is 54.9 Å². The molecule has 0 aliphatic heterocycles. The van der Waals surface area contributed by atoms with Gasteiger partial charge in [-0.3, -0.25) is 4.79 Å². The van der Waals surface area contributed by atoms with Gasteiger partial charge in [-0.1, -0.05) is 36.0 Å². The molecule has 0 saturated heterocycles. The van der Waals surface area contributed by atoms with Gasteiger partial charge in [0.25, 0.3) is 0 Å². The van der Waals surface area contributed by atoms with Crippen LogP contribution >= 0.6 is 11.8 Å². The van der Waals surface area contributed by atoms with Crippen LogP contribution in [0.5, 0.6) is 0 Å². The summed E-state index contributed by atoms with van der Waals surface area (Å²) >= 11 is 1.33. The minimum Gasteiger partial charge on any atom is -0.351 e. The van der Waals surface area contributed by atoms with Crippen LogP contribution in [0.2, 0.25) is 0 Å². The second kappa shape index (κ2) is 8.77. The summed E-state index contributed by atoms with van der Waals surface area (Å²) < 4.78 is 12.9. The summed E-state index contributed by atoms with van der Waals surface area (Å²) in [5.74, 6) is -0.147. The Morgan fingerprint density at radius 1 is 1.00 bits per heavy atom. The van der Waals surface area contributed by atoms with E-state index in [0.29, 0.717) is 11.6 Å². The van der Waals surface area contributed by atoms with Gasteiger partial charge in [0.2, 0.25) is 5.91 Å². The Hall–Kier alpha value is -2.73. The van der Waals surface area contributed by atoms with Crippen molar-refractivity contribution < 1.29 is 9.18 Å². The molecule has 0 bridgehead atoms. The Morgan fingerprint density at radius 2 is 1.78 bits per heavy atom. The quantitative estimate of drug-likeness (QED) is 0.647. The van der Waals surface area contributed by atoms with E-state index < -0.39 is 0 Å². The summed E-state index contributed by atoms with van der Waals surface area (Å²) in [7, 11) is 0. The predicted octanol–water partition coefficient (Wildman–Crippen LogP) is 4.31. The lowest BCUT2D eigenvalue weighted by Gasteiger charge is -2.06. The van der Waals surface area contributed by atoms with Gasteiger partial charge in [0.15, 0.2) is 0 Å². The molecule has 138 valence electrons. The van der Waals surface area contributed by atoms with Crippen molar-refractivity contribution >= 4 is 17.7 Å². The molecule has 4 nitrogen and oxygen atoms in total. The first-order valence-corrected chi connectivity index (χ1v) is 9.55. The van der Waals surface area contributed by atoms with Crippen LogP contribution in [0.15, 0.2) is 59.6 Å². The zero-order valence-electron chi connectivity index (χ0n) is 15.2. The molecule has 6 heteroatoms. The normalized spacial score (nSPS) is 10.6. The van der Waals surface area contributed by atoms with Gasteiger partial charge < -0.3 is 5.32 Å². The summed E-state index contributed by atoms with van der Waals surface area (Å²) in [6, 6.07) is 16.0. The van der Waals surface area contributed by atoms with Crippen molar-refractivity contribution in [1.82, 2.24) is 15.5 Å². The fourth-order valence-corrected chi connectivity index (χ4v) is 3.09. The van der Waals surface area contributed by atoms with Gasteiger partial charge in [-0.2, -0.15) is 0 Å². The number of aryl methyl sites for hydroxylation is 2. The van der Waals surface area contributed by atoms with Crippen molar-refractivity contribution in [2.45, 2.75) is 25.4 Å². The molecular formula is C21H20FN3OS. The Morgan fingerprint density at radius 3 is 2.44 bits per heavy atom. The number of benzene rings is 2. The molecule has 0 fully saturated rings. The number of nitrogens with one attached hydrogen (secondary N) is 1. The number of aromatic nitrogens is 2. The summed E-state index contributed by atoms with van der Waals surface area (Å²) in [6.07, 6.45) is 0. The third-order valence-corrected chi connectivity index (χ3v) is 5.12. The molecule has 0 saturated carbocycles. The van der Waals surface area contributed by atoms with E-state index in [1.165, 1.54) is 35.0 Å². The first-order valence-electron chi connectivity index (χ1n) is 8.56. The second-order valence-electron chi connectivity index (χ2n) is 6.25. The number of rotatable bonds is 6. The van der Waals surface area contributed by atoms with Crippen LogP contribution in [0, 0.1) is 19.7 Å². The van der Waals surface area contributed by atoms with Crippen molar-refractivity contribution in [3.63, 3.8) is 0 Å². The van der Waals surface area contributed by atoms with Crippen LogP contribution in [-0.2, 0) is 11.3 Å². The van der Waals surface area contributed by atoms with Gasteiger partial charge in [0.1, 0.15) is 10.8 Å². The molecule has 27 heavy (non-hydrogen) atoms. The van der Waals surface area contributed by atoms with Crippen molar-refractivity contribution in [1.29, 1.82) is 0 Å². The largest absolute Gasteiger partial charge is 0.351 e. The zero-order chi connectivity index (χ0) is 19.2. The van der Waals surface area contributed by atoms with Gasteiger partial charge in [0, 0.05) is 12.1 Å². The number of nitrogens with zero attached hydrogens (tertiary/aromatic N) is 2. The van der Waals surface area contributed by atoms with Crippen LogP contribution < -0.4 is 5.32 Å². The smallest absolute Gasteiger partial charge is 0.230 e. The highest BCUT2D eigenvalue weighted by atomic mass is 32.2. The van der Waals surface area contributed by atoms with Gasteiger partial charge in [-0.25, -0.2) is 4.39 Å². The van der Waals surface area contributed by atoms with E-state index >= 15 is 0 Å². The Balaban J connectivity index is 1.51. The molecule has 0 radical (unpaired) electrons. The Kier molecular flexibility index (Phi) is 6.19. The second-order valence-corrected chi connectivity index (χ2v) is 7.24. The maximum atomic E-state index is 12.9. The molecule has 0 atom stereocenters. The summed E-state index contributed by atoms with van der Waals surface area (Å²) in [6.45, 7) is 4.52. The summed E-state index contributed by atoms with van der Waals surface area (Å²) in [5.41, 5.74) is 5.14. The molecule has 0 unspecified atom stereocenters. The highest BCUT2D eigenvalue weighted by molar-refractivity contribution is 7.99. The van der Waals surface area contributed by atoms with Crippen molar-refractivity contribution in [3.8, 4) is 11.3 Å². The minimum atomic E-state index is -0.288. The van der Waals surface area contributed by atoms with E-state index in [0.717, 1.165) is 16.8 Å². The number of amides is 1. The molecule has 0 aliphatic carbocycles. The number of carbonyl (C=O) groups is 1. The van der Waals surface area contributed by atoms with Gasteiger partial charge in [0.05, 0.1) is 11.4 Å². The maximum Gasteiger partial charge on any atom is 0.230 e. The zero-order valence-corrected chi connectivity index (χ0v) is 16.0. The average molecular weight is 381 g/mol. The van der Waals surface area contributed by atoms with E-state index in [-0.39, 0.29) is 17.5 Å². The number of hydrogen-bond donors (Lipinski definition) is 1. The molecule has 1 amide bonds. The predicted molar refractivity (Wildman–Crippen MR) is 106 cm³/mol. The summed E-state index contributed by atoms with van der Waals surface area (Å²) in [4.78, 5) is 12.0. The monoisotopic (exact) mass is 381 g/mol. The molecule has 3 rings (SSSR count). The highest BCUT2D eigenvalue weighted by Gasteiger charge is 2.06. The fourth-order valence-electron chi connectivity index (χ4n) is 2.45. The van der Waals surface area contributed by atoms with E-state index in [2.05, 4.69) is 41.5 Å². The van der Waals surface area contributed by atoms with Crippen molar-refractivity contribution in [2.24, 2.45) is 0 Å². The lowest BCUT2D eigenvalue weighted by molar-refractivity contribution is -0.118. The van der Waals surface area contributed by atoms with E-state index in [1.54, 1.807) is 12.1 Å². The van der Waals surface area contributed by atoms with Crippen molar-refractivity contribution in [3.05, 3.63) is 77.1 Å². The van der Waals surface area contributed by atoms with E-state index in [4.69, 9.17) is 0 Å². The lowest BCUT2D eigenvalue weighted by atomic mass is 10.0. The molecule has 2 aromatic carbocycles. The molecule has 0 spiro atoms. The van der Waals surface area contributed by atoms with Gasteiger partial charge >= 0.3 is 0 Å². The fraction of sp³-hybridized carbons (Fsp3) is 0.190. The number of carbonyl (C=O) groups excluding carboxylic acids is 1. The third kappa shape index (κ3) is 5.37. The Bertz CT molecular complexity index is 927. The first-order chi connectivity index (χ1) is 13.0. The van der Waals surface area contributed by atoms with Crippen LogP contribution in [0.1, 0.15) is 16.7 Å². The summed E-state index contributed by atoms with van der Waals surface area (Å²) in [5, 5.41) is 12.0. The number of thioether (sulfide) groups is 1. The van der Waals surface area contributed by atoms with Crippen molar-refractivity contribution in [2.75, 3.05) is 5.75 Å². The number of halogens is 1. The Labute approximate surface area is 162 Å². The van der Waals surface area contributed by atoms with Crippen LogP contribution in [0.4, 0.5) is 4.39 Å². The molecular weight excluding hydrogens is 361 g/mol. The SMILES string of the molecule is Cc1ccc(-c2ccc(SCC(=O)NCc3ccc(F)cc3)nn2)cc1C. The third-order valence-electron chi connectivity index (χ3n) is 4.20. The van der Waals surface area contributed by atoms with E-state index in [9.17, 15) is 9.18 Å². The average Bonchev–Trinajstić information content (AvgIpc) is 2.68. The molecule has 3 aromatic rings. The van der Waals surface area contributed by atoms with Gasteiger partial charge in [-0.15, -0.1) is 10.2 Å². The highest BCUT2D eigenvalue weighted by Crippen LogP contribution is 2.22. The van der Waals surface area contributed by atoms with Gasteiger partial charge in [-0.05, 0) is 60.9 Å².